The number of nitrogens with zero attached hydrogens (tertiary/aromatic N) is 4. The lowest BCUT2D eigenvalue weighted by atomic mass is 9.92. The molecule has 0 saturated carbocycles. The molecule has 4 rings (SSSR count). The van der Waals surface area contributed by atoms with Crippen molar-refractivity contribution in [1.29, 1.82) is 0 Å². The molecule has 12 heteroatoms. The Balaban J connectivity index is 1.71. The molecular weight excluding hydrogens is 580 g/mol. The molecule has 234 valence electrons. The fourth-order valence-electron chi connectivity index (χ4n) is 4.64. The maximum absolute atomic E-state index is 13.8. The molecular formula is C34H36N10O2. The molecule has 0 aliphatic rings. The van der Waals surface area contributed by atoms with E-state index in [4.69, 9.17) is 22.9 Å². The fourth-order valence-corrected chi connectivity index (χ4v) is 4.64. The molecule has 0 aliphatic heterocycles. The van der Waals surface area contributed by atoms with Gasteiger partial charge in [0, 0.05) is 11.1 Å². The molecule has 0 radical (unpaired) electrons. The number of amides is 2. The van der Waals surface area contributed by atoms with Crippen LogP contribution in [0, 0.1) is 0 Å². The molecule has 1 unspecified atom stereocenters. The molecule has 2 amide bonds. The van der Waals surface area contributed by atoms with E-state index in [-0.39, 0.29) is 23.7 Å². The lowest BCUT2D eigenvalue weighted by molar-refractivity contribution is 0.0881. The zero-order valence-electron chi connectivity index (χ0n) is 25.5. The Hall–Kier alpha value is -6.30. The summed E-state index contributed by atoms with van der Waals surface area (Å²) in [6.45, 7) is 3.47. The summed E-state index contributed by atoms with van der Waals surface area (Å²) in [7, 11) is 0. The van der Waals surface area contributed by atoms with Crippen molar-refractivity contribution in [1.82, 2.24) is 10.6 Å². The highest BCUT2D eigenvalue weighted by atomic mass is 16.2. The van der Waals surface area contributed by atoms with Gasteiger partial charge in [-0.3, -0.25) is 9.59 Å². The van der Waals surface area contributed by atoms with E-state index in [9.17, 15) is 9.59 Å². The van der Waals surface area contributed by atoms with Crippen LogP contribution in [0.25, 0.3) is 0 Å². The van der Waals surface area contributed by atoms with Gasteiger partial charge in [-0.05, 0) is 60.4 Å². The minimum absolute atomic E-state index is 0.172. The van der Waals surface area contributed by atoms with E-state index in [0.717, 1.165) is 11.1 Å². The number of carbonyl (C=O) groups is 2. The maximum Gasteiger partial charge on any atom is 0.251 e. The van der Waals surface area contributed by atoms with Crippen molar-refractivity contribution in [2.75, 3.05) is 0 Å². The van der Waals surface area contributed by atoms with Crippen molar-refractivity contribution < 1.29 is 9.59 Å². The third-order valence-corrected chi connectivity index (χ3v) is 6.94. The first kappa shape index (κ1) is 32.6. The molecule has 4 aromatic rings. The van der Waals surface area contributed by atoms with Crippen LogP contribution in [-0.4, -0.2) is 35.2 Å². The normalized spacial score (nSPS) is 12.7. The van der Waals surface area contributed by atoms with Crippen molar-refractivity contribution in [2.24, 2.45) is 43.3 Å². The Labute approximate surface area is 267 Å². The second-order valence-electron chi connectivity index (χ2n) is 10.3. The van der Waals surface area contributed by atoms with Gasteiger partial charge in [0.05, 0.1) is 23.5 Å². The lowest BCUT2D eigenvalue weighted by Crippen LogP contribution is -2.41. The molecule has 0 fully saturated rings. The fraction of sp³-hybridized carbons (Fsp3) is 0.118. The van der Waals surface area contributed by atoms with Gasteiger partial charge in [-0.1, -0.05) is 84.9 Å². The molecule has 10 N–H and O–H groups in total. The van der Waals surface area contributed by atoms with Crippen LogP contribution >= 0.6 is 0 Å². The molecule has 46 heavy (non-hydrogen) atoms. The van der Waals surface area contributed by atoms with Crippen molar-refractivity contribution in [3.8, 4) is 0 Å². The van der Waals surface area contributed by atoms with Gasteiger partial charge in [0.25, 0.3) is 11.8 Å². The van der Waals surface area contributed by atoms with Gasteiger partial charge in [-0.2, -0.15) is 10.2 Å². The first-order valence-corrected chi connectivity index (χ1v) is 14.3. The smallest absolute Gasteiger partial charge is 0.251 e. The largest absolute Gasteiger partial charge is 0.369 e. The zero-order chi connectivity index (χ0) is 33.1. The Morgan fingerprint density at radius 2 is 0.848 bits per heavy atom. The number of guanidine groups is 2. The Morgan fingerprint density at radius 3 is 1.20 bits per heavy atom. The summed E-state index contributed by atoms with van der Waals surface area (Å²) in [6, 6.07) is 31.5. The topological polar surface area (TPSA) is 212 Å². The monoisotopic (exact) mass is 616 g/mol. The van der Waals surface area contributed by atoms with E-state index in [1.807, 2.05) is 60.7 Å². The summed E-state index contributed by atoms with van der Waals surface area (Å²) in [4.78, 5) is 27.6. The van der Waals surface area contributed by atoms with Gasteiger partial charge in [0.15, 0.2) is 0 Å². The maximum atomic E-state index is 13.8. The second kappa shape index (κ2) is 15.4. The number of hydrogen-bond acceptors (Lipinski definition) is 6. The molecule has 12 nitrogen and oxygen atoms in total. The molecule has 2 atom stereocenters. The van der Waals surface area contributed by atoms with E-state index in [2.05, 4.69) is 31.0 Å². The first-order chi connectivity index (χ1) is 22.1. The van der Waals surface area contributed by atoms with E-state index < -0.39 is 12.1 Å². The summed E-state index contributed by atoms with van der Waals surface area (Å²) in [5.41, 5.74) is 26.4. The third-order valence-electron chi connectivity index (χ3n) is 6.94. The summed E-state index contributed by atoms with van der Waals surface area (Å²) in [5.74, 6) is -1.05. The van der Waals surface area contributed by atoms with Gasteiger partial charge >= 0.3 is 0 Å². The van der Waals surface area contributed by atoms with E-state index >= 15 is 0 Å². The van der Waals surface area contributed by atoms with Gasteiger partial charge in [-0.15, -0.1) is 10.2 Å². The average Bonchev–Trinajstić information content (AvgIpc) is 3.08. The highest BCUT2D eigenvalue weighted by Gasteiger charge is 2.29. The SMILES string of the molecule is C/C(=N\N=C(N)N)c1cccc(C(=O)NC(c2ccccc2)[C@H](NC(=O)c2cccc(/C(C)=N/N=C(N)N)c2)c2ccccc2)c1. The zero-order valence-corrected chi connectivity index (χ0v) is 25.5. The standard InChI is InChI=1S/C34H36N10O2/c1-21(41-43-33(35)36)25-15-9-17-27(19-25)31(45)39-29(23-11-5-3-6-12-23)30(24-13-7-4-8-14-24)40-32(46)28-18-10-16-26(20-28)22(2)42-44-34(37)38/h3-20,29-30H,1-2H3,(H,39,45)(H,40,46)(H4,35,36,43)(H4,37,38,44)/b41-21+,42-22+/t29-,30?/m1/s1. The molecule has 4 aromatic carbocycles. The quantitative estimate of drug-likeness (QED) is 0.0844. The third kappa shape index (κ3) is 8.86. The van der Waals surface area contributed by atoms with Crippen molar-refractivity contribution in [2.45, 2.75) is 25.9 Å². The lowest BCUT2D eigenvalue weighted by Gasteiger charge is -2.30. The number of nitrogens with two attached hydrogens (primary N) is 4. The molecule has 0 aromatic heterocycles. The van der Waals surface area contributed by atoms with Crippen LogP contribution in [0.4, 0.5) is 0 Å². The van der Waals surface area contributed by atoms with Crippen LogP contribution in [0.1, 0.15) is 68.9 Å². The predicted molar refractivity (Wildman–Crippen MR) is 182 cm³/mol. The Morgan fingerprint density at radius 1 is 0.500 bits per heavy atom. The second-order valence-corrected chi connectivity index (χ2v) is 10.3. The van der Waals surface area contributed by atoms with Gasteiger partial charge in [0.2, 0.25) is 11.9 Å². The number of carbonyl (C=O) groups excluding carboxylic acids is 2. The van der Waals surface area contributed by atoms with Gasteiger partial charge in [-0.25, -0.2) is 0 Å². The minimum atomic E-state index is -0.659. The molecule has 0 spiro atoms. The van der Waals surface area contributed by atoms with Crippen molar-refractivity contribution in [3.63, 3.8) is 0 Å². The van der Waals surface area contributed by atoms with E-state index in [1.54, 1.807) is 62.4 Å². The van der Waals surface area contributed by atoms with Crippen molar-refractivity contribution >= 4 is 35.2 Å². The summed E-state index contributed by atoms with van der Waals surface area (Å²) < 4.78 is 0. The highest BCUT2D eigenvalue weighted by molar-refractivity contribution is 6.03. The number of hydrogen-bond donors (Lipinski definition) is 6. The van der Waals surface area contributed by atoms with E-state index in [1.165, 1.54) is 0 Å². The Bertz CT molecular complexity index is 1660. The van der Waals surface area contributed by atoms with Gasteiger partial charge in [0.1, 0.15) is 0 Å². The van der Waals surface area contributed by atoms with Crippen molar-refractivity contribution in [3.05, 3.63) is 143 Å². The van der Waals surface area contributed by atoms with Gasteiger partial charge < -0.3 is 33.6 Å². The summed E-state index contributed by atoms with van der Waals surface area (Å²) in [5, 5.41) is 21.8. The molecule has 0 heterocycles. The molecule has 0 aliphatic carbocycles. The minimum Gasteiger partial charge on any atom is -0.369 e. The molecule has 0 bridgehead atoms. The average molecular weight is 617 g/mol. The molecule has 0 saturated heterocycles. The predicted octanol–water partition coefficient (Wildman–Crippen LogP) is 3.32. The number of rotatable bonds is 11. The van der Waals surface area contributed by atoms with Crippen LogP contribution in [0.3, 0.4) is 0 Å². The van der Waals surface area contributed by atoms with E-state index in [0.29, 0.717) is 33.7 Å². The summed E-state index contributed by atoms with van der Waals surface area (Å²) in [6.07, 6.45) is 0. The Kier molecular flexibility index (Phi) is 10.9. The highest BCUT2D eigenvalue weighted by Crippen LogP contribution is 2.30. The first-order valence-electron chi connectivity index (χ1n) is 14.3. The van der Waals surface area contributed by atoms with Crippen LogP contribution in [0.2, 0.25) is 0 Å². The van der Waals surface area contributed by atoms with Crippen LogP contribution in [0.5, 0.6) is 0 Å². The van der Waals surface area contributed by atoms with Crippen LogP contribution in [-0.2, 0) is 0 Å². The van der Waals surface area contributed by atoms with Crippen LogP contribution in [0.15, 0.2) is 130 Å². The van der Waals surface area contributed by atoms with Crippen LogP contribution < -0.4 is 33.6 Å². The number of benzene rings is 4. The summed E-state index contributed by atoms with van der Waals surface area (Å²) >= 11 is 0. The number of nitrogens with one attached hydrogen (secondary N) is 2.